The van der Waals surface area contributed by atoms with E-state index in [9.17, 15) is 4.79 Å². The summed E-state index contributed by atoms with van der Waals surface area (Å²) in [6, 6.07) is 32.2. The largest absolute Gasteiger partial charge is 0.332 e. The predicted octanol–water partition coefficient (Wildman–Crippen LogP) is 8.11. The molecular formula is C29H25N3OS3. The second-order valence-corrected chi connectivity index (χ2v) is 11.4. The number of nitrogens with one attached hydrogen (secondary N) is 2. The lowest BCUT2D eigenvalue weighted by Gasteiger charge is -2.32. The van der Waals surface area contributed by atoms with Crippen LogP contribution in [0, 0.1) is 6.92 Å². The van der Waals surface area contributed by atoms with Crippen LogP contribution in [0.1, 0.15) is 12.5 Å². The van der Waals surface area contributed by atoms with Gasteiger partial charge >= 0.3 is 0 Å². The fourth-order valence-electron chi connectivity index (χ4n) is 3.96. The number of para-hydroxylation sites is 2. The van der Waals surface area contributed by atoms with Crippen LogP contribution in [-0.4, -0.2) is 16.3 Å². The van der Waals surface area contributed by atoms with Gasteiger partial charge < -0.3 is 10.6 Å². The van der Waals surface area contributed by atoms with E-state index in [0.29, 0.717) is 5.11 Å². The van der Waals surface area contributed by atoms with Gasteiger partial charge in [-0.1, -0.05) is 59.8 Å². The second-order valence-electron chi connectivity index (χ2n) is 8.44. The molecule has 0 spiro atoms. The molecule has 1 aliphatic heterocycles. The SMILES string of the molecule is Cc1ccc(NC(=S)Nc2cccc(SC(C)C(=O)N3c4ccccc4Sc4ccccc43)c2)cc1. The van der Waals surface area contributed by atoms with Gasteiger partial charge in [0.25, 0.3) is 0 Å². The minimum atomic E-state index is -0.290. The molecule has 0 fully saturated rings. The quantitative estimate of drug-likeness (QED) is 0.202. The normalized spacial score (nSPS) is 12.8. The minimum absolute atomic E-state index is 0.0510. The van der Waals surface area contributed by atoms with Crippen LogP contribution in [0.3, 0.4) is 0 Å². The molecule has 7 heteroatoms. The molecule has 2 N–H and O–H groups in total. The van der Waals surface area contributed by atoms with Gasteiger partial charge in [0.1, 0.15) is 0 Å². The maximum atomic E-state index is 13.8. The van der Waals surface area contributed by atoms with Crippen molar-refractivity contribution in [2.45, 2.75) is 33.8 Å². The Morgan fingerprint density at radius 2 is 1.44 bits per heavy atom. The lowest BCUT2D eigenvalue weighted by molar-refractivity contribution is -0.117. The summed E-state index contributed by atoms with van der Waals surface area (Å²) in [6.45, 7) is 4.01. The third kappa shape index (κ3) is 5.43. The van der Waals surface area contributed by atoms with E-state index in [0.717, 1.165) is 37.4 Å². The number of carbonyl (C=O) groups excluding carboxylic acids is 1. The molecule has 1 amide bonds. The summed E-state index contributed by atoms with van der Waals surface area (Å²) in [5, 5.41) is 6.68. The van der Waals surface area contributed by atoms with E-state index >= 15 is 0 Å². The third-order valence-electron chi connectivity index (χ3n) is 5.71. The lowest BCUT2D eigenvalue weighted by atomic mass is 10.2. The van der Waals surface area contributed by atoms with Crippen LogP contribution in [-0.2, 0) is 4.79 Å². The molecule has 180 valence electrons. The zero-order valence-electron chi connectivity index (χ0n) is 19.9. The molecule has 0 bridgehead atoms. The van der Waals surface area contributed by atoms with Crippen molar-refractivity contribution < 1.29 is 4.79 Å². The van der Waals surface area contributed by atoms with E-state index in [-0.39, 0.29) is 11.2 Å². The first-order chi connectivity index (χ1) is 17.5. The highest BCUT2D eigenvalue weighted by Crippen LogP contribution is 2.48. The summed E-state index contributed by atoms with van der Waals surface area (Å²) in [4.78, 5) is 18.8. The Hall–Kier alpha value is -3.26. The summed E-state index contributed by atoms with van der Waals surface area (Å²) in [5.41, 5.74) is 4.86. The summed E-state index contributed by atoms with van der Waals surface area (Å²) in [7, 11) is 0. The number of aryl methyl sites for hydroxylation is 1. The molecule has 4 nitrogen and oxygen atoms in total. The first-order valence-corrected chi connectivity index (χ1v) is 13.7. The van der Waals surface area contributed by atoms with Crippen molar-refractivity contribution in [3.05, 3.63) is 103 Å². The lowest BCUT2D eigenvalue weighted by Crippen LogP contribution is -2.34. The van der Waals surface area contributed by atoms with Crippen LogP contribution in [0.5, 0.6) is 0 Å². The van der Waals surface area contributed by atoms with Gasteiger partial charge in [0.2, 0.25) is 5.91 Å². The van der Waals surface area contributed by atoms with Gasteiger partial charge in [-0.25, -0.2) is 0 Å². The number of hydrogen-bond acceptors (Lipinski definition) is 4. The van der Waals surface area contributed by atoms with Crippen molar-refractivity contribution >= 4 is 69.5 Å². The molecule has 0 aliphatic carbocycles. The average Bonchev–Trinajstić information content (AvgIpc) is 2.88. The molecule has 1 aliphatic rings. The molecule has 0 saturated carbocycles. The van der Waals surface area contributed by atoms with Crippen molar-refractivity contribution in [3.63, 3.8) is 0 Å². The maximum absolute atomic E-state index is 13.8. The fraction of sp³-hybridized carbons (Fsp3) is 0.103. The number of carbonyl (C=O) groups is 1. The van der Waals surface area contributed by atoms with Crippen molar-refractivity contribution in [2.75, 3.05) is 15.5 Å². The number of fused-ring (bicyclic) bond motifs is 2. The summed E-state index contributed by atoms with van der Waals surface area (Å²) in [6.07, 6.45) is 0. The number of anilines is 4. The molecular weight excluding hydrogens is 503 g/mol. The van der Waals surface area contributed by atoms with Gasteiger partial charge in [-0.3, -0.25) is 9.69 Å². The van der Waals surface area contributed by atoms with Crippen LogP contribution >= 0.6 is 35.7 Å². The number of amides is 1. The van der Waals surface area contributed by atoms with E-state index in [1.807, 2.05) is 96.8 Å². The number of rotatable bonds is 5. The number of thioether (sulfide) groups is 1. The Morgan fingerprint density at radius 1 is 0.833 bits per heavy atom. The second kappa shape index (κ2) is 10.8. The van der Waals surface area contributed by atoms with Gasteiger partial charge in [0.15, 0.2) is 5.11 Å². The molecule has 4 aromatic rings. The molecule has 1 heterocycles. The van der Waals surface area contributed by atoms with E-state index in [1.54, 1.807) is 11.8 Å². The Balaban J connectivity index is 1.30. The van der Waals surface area contributed by atoms with E-state index in [4.69, 9.17) is 12.2 Å². The van der Waals surface area contributed by atoms with Crippen LogP contribution in [0.15, 0.2) is 112 Å². The van der Waals surface area contributed by atoms with Crippen molar-refractivity contribution in [3.8, 4) is 0 Å². The third-order valence-corrected chi connectivity index (χ3v) is 8.13. The Labute approximate surface area is 225 Å². The highest BCUT2D eigenvalue weighted by molar-refractivity contribution is 8.00. The topological polar surface area (TPSA) is 44.4 Å². The highest BCUT2D eigenvalue weighted by Gasteiger charge is 2.31. The fourth-order valence-corrected chi connectivity index (χ4v) is 6.22. The van der Waals surface area contributed by atoms with E-state index in [1.165, 1.54) is 17.3 Å². The van der Waals surface area contributed by atoms with Crippen LogP contribution in [0.25, 0.3) is 0 Å². The van der Waals surface area contributed by atoms with Crippen molar-refractivity contribution in [1.29, 1.82) is 0 Å². The maximum Gasteiger partial charge on any atom is 0.244 e. The van der Waals surface area contributed by atoms with Gasteiger partial charge in [0.05, 0.1) is 16.6 Å². The van der Waals surface area contributed by atoms with Gasteiger partial charge in [0, 0.05) is 26.1 Å². The van der Waals surface area contributed by atoms with Crippen molar-refractivity contribution in [1.82, 2.24) is 0 Å². The van der Waals surface area contributed by atoms with Gasteiger partial charge in [-0.15, -0.1) is 11.8 Å². The van der Waals surface area contributed by atoms with E-state index in [2.05, 4.69) is 29.7 Å². The number of benzene rings is 4. The standard InChI is InChI=1S/C29H25N3OS3/c1-19-14-16-21(17-15-19)30-29(34)31-22-8-7-9-23(18-22)35-20(2)28(33)32-24-10-3-5-12-26(24)36-27-13-6-4-11-25(27)32/h3-18,20H,1-2H3,(H2,30,31,34). The first-order valence-electron chi connectivity index (χ1n) is 11.6. The zero-order valence-corrected chi connectivity index (χ0v) is 22.3. The van der Waals surface area contributed by atoms with E-state index < -0.39 is 0 Å². The summed E-state index contributed by atoms with van der Waals surface area (Å²) in [5.74, 6) is 0.0510. The molecule has 4 aromatic carbocycles. The van der Waals surface area contributed by atoms with Gasteiger partial charge in [-0.2, -0.15) is 0 Å². The Bertz CT molecular complexity index is 1380. The number of nitrogens with zero attached hydrogens (tertiary/aromatic N) is 1. The molecule has 1 unspecified atom stereocenters. The monoisotopic (exact) mass is 527 g/mol. The number of thiocarbonyl (C=S) groups is 1. The minimum Gasteiger partial charge on any atom is -0.332 e. The van der Waals surface area contributed by atoms with Crippen molar-refractivity contribution in [2.24, 2.45) is 0 Å². The van der Waals surface area contributed by atoms with Crippen LogP contribution in [0.2, 0.25) is 0 Å². The zero-order chi connectivity index (χ0) is 25.1. The molecule has 0 radical (unpaired) electrons. The number of hydrogen-bond donors (Lipinski definition) is 2. The molecule has 1 atom stereocenters. The Morgan fingerprint density at radius 3 is 2.11 bits per heavy atom. The predicted molar refractivity (Wildman–Crippen MR) is 157 cm³/mol. The Kier molecular flexibility index (Phi) is 7.32. The van der Waals surface area contributed by atoms with Crippen LogP contribution < -0.4 is 15.5 Å². The molecule has 0 saturated heterocycles. The smallest absolute Gasteiger partial charge is 0.244 e. The molecule has 36 heavy (non-hydrogen) atoms. The summed E-state index contributed by atoms with van der Waals surface area (Å²) < 4.78 is 0. The van der Waals surface area contributed by atoms with Crippen LogP contribution in [0.4, 0.5) is 22.7 Å². The average molecular weight is 528 g/mol. The molecule has 5 rings (SSSR count). The molecule has 0 aromatic heterocycles. The van der Waals surface area contributed by atoms with Gasteiger partial charge in [-0.05, 0) is 80.7 Å². The summed E-state index contributed by atoms with van der Waals surface area (Å²) >= 11 is 8.73. The first kappa shape index (κ1) is 24.4. The highest BCUT2D eigenvalue weighted by atomic mass is 32.2.